The van der Waals surface area contributed by atoms with Crippen molar-refractivity contribution in [1.29, 1.82) is 5.26 Å². The summed E-state index contributed by atoms with van der Waals surface area (Å²) in [5.41, 5.74) is 7.67. The van der Waals surface area contributed by atoms with Gasteiger partial charge in [0.2, 0.25) is 11.9 Å². The molecule has 1 atom stereocenters. The smallest absolute Gasteiger partial charge is 0.254 e. The number of nitriles is 1. The number of amides is 2. The van der Waals surface area contributed by atoms with E-state index in [1.165, 1.54) is 29.4 Å². The third-order valence-electron chi connectivity index (χ3n) is 13.4. The van der Waals surface area contributed by atoms with Gasteiger partial charge in [-0.1, -0.05) is 45.9 Å². The maximum atomic E-state index is 13.5. The Hall–Kier alpha value is -6.00. The van der Waals surface area contributed by atoms with Crippen molar-refractivity contribution in [2.45, 2.75) is 97.9 Å². The van der Waals surface area contributed by atoms with E-state index in [0.717, 1.165) is 79.5 Å². The number of anilines is 3. The molecule has 0 radical (unpaired) electrons. The summed E-state index contributed by atoms with van der Waals surface area (Å²) in [5.74, 6) is 1.72. The van der Waals surface area contributed by atoms with Crippen LogP contribution in [-0.2, 0) is 11.3 Å². The second-order valence-corrected chi connectivity index (χ2v) is 18.7. The Balaban J connectivity index is 0.780. The van der Waals surface area contributed by atoms with E-state index >= 15 is 0 Å². The molecule has 13 heteroatoms. The first-order valence-electron chi connectivity index (χ1n) is 21.8. The Morgan fingerprint density at radius 3 is 2.44 bits per heavy atom. The van der Waals surface area contributed by atoms with Gasteiger partial charge in [0, 0.05) is 97.9 Å². The molecule has 4 heterocycles. The van der Waals surface area contributed by atoms with E-state index in [1.807, 2.05) is 38.1 Å². The van der Waals surface area contributed by atoms with Crippen LogP contribution in [0, 0.1) is 29.1 Å². The predicted octanol–water partition coefficient (Wildman–Crippen LogP) is 7.52. The highest BCUT2D eigenvalue weighted by Crippen LogP contribution is 2.55. The fourth-order valence-electron chi connectivity index (χ4n) is 10.2. The van der Waals surface area contributed by atoms with Crippen LogP contribution in [0.3, 0.4) is 0 Å². The van der Waals surface area contributed by atoms with Crippen LogP contribution >= 0.6 is 0 Å². The number of piperazine rings is 1. The second-order valence-electron chi connectivity index (χ2n) is 18.7. The van der Waals surface area contributed by atoms with E-state index in [1.54, 1.807) is 18.5 Å². The SMILES string of the molecule is Cc1cc(OC2C(C)(C)C(NC(=O)c3cnc(N4CCN(CCCn5nc(C6CC6)c6cc(-c7cccc8c7NC(C)CC(=O)N8)ccc65)CC4)nc3)C2(C)C)ccc1C#N. The number of ether oxygens (including phenoxy) is 1. The van der Waals surface area contributed by atoms with E-state index in [-0.39, 0.29) is 40.8 Å². The zero-order valence-electron chi connectivity index (χ0n) is 36.1. The lowest BCUT2D eigenvalue weighted by molar-refractivity contribution is -0.164. The minimum atomic E-state index is -0.334. The molecule has 5 aromatic rings. The first kappa shape index (κ1) is 40.4. The van der Waals surface area contributed by atoms with Crippen molar-refractivity contribution >= 4 is 40.0 Å². The van der Waals surface area contributed by atoms with Gasteiger partial charge in [-0.3, -0.25) is 19.2 Å². The Kier molecular flexibility index (Phi) is 10.5. The number of aryl methyl sites for hydroxylation is 2. The fraction of sp³-hybridized carbons (Fsp3) is 0.458. The van der Waals surface area contributed by atoms with Crippen LogP contribution in [-0.4, -0.2) is 87.4 Å². The number of benzene rings is 3. The molecule has 0 bridgehead atoms. The molecule has 316 valence electrons. The summed E-state index contributed by atoms with van der Waals surface area (Å²) >= 11 is 0. The summed E-state index contributed by atoms with van der Waals surface area (Å²) in [6.45, 7) is 17.7. The summed E-state index contributed by atoms with van der Waals surface area (Å²) in [4.78, 5) is 39.9. The van der Waals surface area contributed by atoms with Crippen LogP contribution in [0.25, 0.3) is 22.0 Å². The van der Waals surface area contributed by atoms with Crippen LogP contribution in [0.5, 0.6) is 5.75 Å². The molecule has 0 spiro atoms. The molecular weight excluding hydrogens is 765 g/mol. The van der Waals surface area contributed by atoms with Crippen molar-refractivity contribution < 1.29 is 14.3 Å². The summed E-state index contributed by atoms with van der Waals surface area (Å²) in [5, 5.41) is 25.6. The average molecular weight is 821 g/mol. The standard InChI is InChI=1S/C48H56N10O3/c1-29-23-35(15-13-33(29)26-49)61-45-47(3,4)44(48(45,5)6)54-43(60)34-27-50-46(51-28-34)57-21-19-56(20-22-57)17-8-18-58-39-16-14-32(25-37(39)41(55-58)31-11-12-31)36-9-7-10-38-42(36)52-30(2)24-40(59)53-38/h7,9-10,13-16,23,25,27-28,30-31,44-45,52H,8,11-12,17-22,24H2,1-6H3,(H,53,59)(H,54,60). The number of hydrogen-bond acceptors (Lipinski definition) is 10. The Morgan fingerprint density at radius 2 is 1.74 bits per heavy atom. The third kappa shape index (κ3) is 7.78. The highest BCUT2D eigenvalue weighted by Gasteiger charge is 2.64. The largest absolute Gasteiger partial charge is 0.489 e. The van der Waals surface area contributed by atoms with E-state index in [0.29, 0.717) is 29.4 Å². The van der Waals surface area contributed by atoms with Gasteiger partial charge in [-0.25, -0.2) is 9.97 Å². The van der Waals surface area contributed by atoms with Crippen molar-refractivity contribution in [3.8, 4) is 22.9 Å². The molecule has 2 saturated carbocycles. The van der Waals surface area contributed by atoms with Gasteiger partial charge in [0.25, 0.3) is 5.91 Å². The number of carbonyl (C=O) groups is 2. The van der Waals surface area contributed by atoms with Crippen LogP contribution in [0.4, 0.5) is 17.3 Å². The van der Waals surface area contributed by atoms with E-state index in [4.69, 9.17) is 9.84 Å². The summed E-state index contributed by atoms with van der Waals surface area (Å²) in [6, 6.07) is 20.5. The second kappa shape index (κ2) is 15.8. The van der Waals surface area contributed by atoms with Crippen molar-refractivity contribution in [1.82, 2.24) is 30.0 Å². The highest BCUT2D eigenvalue weighted by molar-refractivity contribution is 6.01. The van der Waals surface area contributed by atoms with E-state index in [2.05, 4.69) is 98.4 Å². The van der Waals surface area contributed by atoms with E-state index < -0.39 is 0 Å². The van der Waals surface area contributed by atoms with Crippen LogP contribution in [0.15, 0.2) is 67.0 Å². The Labute approximate surface area is 357 Å². The monoisotopic (exact) mass is 820 g/mol. The summed E-state index contributed by atoms with van der Waals surface area (Å²) < 4.78 is 8.67. The minimum absolute atomic E-state index is 0.0323. The van der Waals surface area contributed by atoms with Crippen molar-refractivity contribution in [2.24, 2.45) is 10.8 Å². The molecule has 3 fully saturated rings. The zero-order chi connectivity index (χ0) is 42.6. The van der Waals surface area contributed by atoms with Crippen molar-refractivity contribution in [2.75, 3.05) is 48.3 Å². The maximum Gasteiger partial charge on any atom is 0.254 e. The first-order valence-corrected chi connectivity index (χ1v) is 21.8. The molecule has 61 heavy (non-hydrogen) atoms. The van der Waals surface area contributed by atoms with Crippen LogP contribution in [0.1, 0.15) is 93.4 Å². The average Bonchev–Trinajstić information content (AvgIpc) is 4.05. The van der Waals surface area contributed by atoms with Gasteiger partial charge < -0.3 is 25.6 Å². The molecule has 3 aromatic carbocycles. The van der Waals surface area contributed by atoms with Crippen molar-refractivity contribution in [3.63, 3.8) is 0 Å². The molecule has 2 aliphatic heterocycles. The molecule has 4 aliphatic rings. The van der Waals surface area contributed by atoms with Gasteiger partial charge in [0.15, 0.2) is 0 Å². The van der Waals surface area contributed by atoms with Crippen molar-refractivity contribution in [3.05, 3.63) is 89.4 Å². The Morgan fingerprint density at radius 1 is 0.984 bits per heavy atom. The number of nitrogens with zero attached hydrogens (tertiary/aromatic N) is 7. The number of carbonyl (C=O) groups excluding carboxylic acids is 2. The minimum Gasteiger partial charge on any atom is -0.489 e. The summed E-state index contributed by atoms with van der Waals surface area (Å²) in [6.07, 6.45) is 6.93. The quantitative estimate of drug-likeness (QED) is 0.122. The number of fused-ring (bicyclic) bond motifs is 2. The topological polar surface area (TPSA) is 153 Å². The first-order chi connectivity index (χ1) is 29.3. The number of para-hydroxylation sites is 1. The molecule has 2 aliphatic carbocycles. The number of rotatable bonds is 11. The molecule has 13 nitrogen and oxygen atoms in total. The molecule has 2 aromatic heterocycles. The summed E-state index contributed by atoms with van der Waals surface area (Å²) in [7, 11) is 0. The number of aromatic nitrogens is 4. The van der Waals surface area contributed by atoms with Gasteiger partial charge in [-0.05, 0) is 80.6 Å². The third-order valence-corrected chi connectivity index (χ3v) is 13.4. The molecule has 2 amide bonds. The maximum absolute atomic E-state index is 13.5. The molecule has 9 rings (SSSR count). The Bertz CT molecular complexity index is 2510. The lowest BCUT2D eigenvalue weighted by atomic mass is 9.49. The van der Waals surface area contributed by atoms with E-state index in [9.17, 15) is 14.9 Å². The molecular formula is C48H56N10O3. The fourth-order valence-corrected chi connectivity index (χ4v) is 10.2. The van der Waals surface area contributed by atoms with Crippen LogP contribution in [0.2, 0.25) is 0 Å². The van der Waals surface area contributed by atoms with Gasteiger partial charge in [-0.2, -0.15) is 10.4 Å². The normalized spacial score (nSPS) is 22.0. The molecule has 1 saturated heterocycles. The molecule has 3 N–H and O–H groups in total. The number of nitrogens with one attached hydrogen (secondary N) is 3. The van der Waals surface area contributed by atoms with Gasteiger partial charge in [0.05, 0.1) is 39.8 Å². The molecule has 1 unspecified atom stereocenters. The lowest BCUT2D eigenvalue weighted by Crippen LogP contribution is -2.74. The lowest BCUT2D eigenvalue weighted by Gasteiger charge is -2.63. The predicted molar refractivity (Wildman–Crippen MR) is 238 cm³/mol. The van der Waals surface area contributed by atoms with Gasteiger partial charge >= 0.3 is 0 Å². The van der Waals surface area contributed by atoms with Gasteiger partial charge in [0.1, 0.15) is 11.9 Å². The number of hydrogen-bond donors (Lipinski definition) is 3. The highest BCUT2D eigenvalue weighted by atomic mass is 16.5. The van der Waals surface area contributed by atoms with Crippen LogP contribution < -0.4 is 25.6 Å². The van der Waals surface area contributed by atoms with Gasteiger partial charge in [-0.15, -0.1) is 0 Å². The zero-order valence-corrected chi connectivity index (χ0v) is 36.1.